The Labute approximate surface area is 276 Å². The number of carboxylic acid groups (broad SMARTS) is 1. The minimum atomic E-state index is -1.11. The second-order valence-corrected chi connectivity index (χ2v) is 17.4. The second kappa shape index (κ2) is 11.2. The van der Waals surface area contributed by atoms with Crippen LogP contribution in [0, 0.1) is 56.7 Å². The molecule has 0 aliphatic heterocycles. The monoisotopic (exact) mass is 632 g/mol. The highest BCUT2D eigenvalue weighted by molar-refractivity contribution is 6.02. The Morgan fingerprint density at radius 2 is 1.52 bits per heavy atom. The number of ether oxygens (including phenoxy) is 2. The first-order valence-corrected chi connectivity index (χ1v) is 17.8. The lowest BCUT2D eigenvalue weighted by Gasteiger charge is -2.73. The molecule has 1 aromatic carbocycles. The fourth-order valence-electron chi connectivity index (χ4n) is 13.1. The van der Waals surface area contributed by atoms with Crippen molar-refractivity contribution in [2.45, 2.75) is 119 Å². The SMILES string of the molecule is C=C(C)[C@@H]1CC[C@]2(COC(=O)c3ccccc3C(=O)O)CC[C@]3(C)[C@H](CC[C@@H]4[C@@]5(C)CC[C@H](OC(C)=O)C(C)(C)[C@@H]5CC[C@]43C)[C@H]12. The zero-order chi connectivity index (χ0) is 33.4. The molecule has 1 N–H and O–H groups in total. The largest absolute Gasteiger partial charge is 0.478 e. The van der Waals surface area contributed by atoms with Gasteiger partial charge in [0.25, 0.3) is 0 Å². The van der Waals surface area contributed by atoms with Crippen molar-refractivity contribution in [3.63, 3.8) is 0 Å². The molecule has 10 atom stereocenters. The molecule has 252 valence electrons. The summed E-state index contributed by atoms with van der Waals surface area (Å²) in [6, 6.07) is 6.37. The van der Waals surface area contributed by atoms with Crippen LogP contribution in [0.4, 0.5) is 0 Å². The quantitative estimate of drug-likeness (QED) is 0.249. The molecular formula is C40H56O6. The van der Waals surface area contributed by atoms with Crippen molar-refractivity contribution in [2.24, 2.45) is 56.7 Å². The van der Waals surface area contributed by atoms with Gasteiger partial charge in [-0.2, -0.15) is 0 Å². The van der Waals surface area contributed by atoms with Crippen LogP contribution in [0.5, 0.6) is 0 Å². The molecule has 0 heterocycles. The molecule has 6 nitrogen and oxygen atoms in total. The highest BCUT2D eigenvalue weighted by atomic mass is 16.5. The third-order valence-corrected chi connectivity index (χ3v) is 15.4. The summed E-state index contributed by atoms with van der Waals surface area (Å²) in [4.78, 5) is 37.2. The Balaban J connectivity index is 1.30. The van der Waals surface area contributed by atoms with Gasteiger partial charge in [0.2, 0.25) is 0 Å². The Bertz CT molecular complexity index is 1430. The smallest absolute Gasteiger partial charge is 0.339 e. The number of hydrogen-bond acceptors (Lipinski definition) is 5. The van der Waals surface area contributed by atoms with E-state index in [4.69, 9.17) is 9.47 Å². The van der Waals surface area contributed by atoms with Gasteiger partial charge in [-0.25, -0.2) is 9.59 Å². The Morgan fingerprint density at radius 3 is 2.17 bits per heavy atom. The summed E-state index contributed by atoms with van der Waals surface area (Å²) in [6.45, 7) is 21.1. The van der Waals surface area contributed by atoms with E-state index in [9.17, 15) is 19.5 Å². The summed E-state index contributed by atoms with van der Waals surface area (Å²) in [5, 5.41) is 9.68. The Morgan fingerprint density at radius 1 is 0.826 bits per heavy atom. The maximum absolute atomic E-state index is 13.4. The van der Waals surface area contributed by atoms with Crippen LogP contribution in [0.1, 0.15) is 133 Å². The number of fused-ring (bicyclic) bond motifs is 7. The summed E-state index contributed by atoms with van der Waals surface area (Å²) in [5.41, 5.74) is 1.74. The van der Waals surface area contributed by atoms with Crippen LogP contribution < -0.4 is 0 Å². The topological polar surface area (TPSA) is 89.9 Å². The number of rotatable bonds is 6. The van der Waals surface area contributed by atoms with Crippen LogP contribution in [0.2, 0.25) is 0 Å². The maximum Gasteiger partial charge on any atom is 0.339 e. The lowest BCUT2D eigenvalue weighted by Crippen LogP contribution is -2.67. The summed E-state index contributed by atoms with van der Waals surface area (Å²) in [7, 11) is 0. The molecule has 0 radical (unpaired) electrons. The van der Waals surface area contributed by atoms with Gasteiger partial charge in [-0.3, -0.25) is 4.79 Å². The molecule has 5 aliphatic carbocycles. The van der Waals surface area contributed by atoms with E-state index in [0.29, 0.717) is 36.2 Å². The van der Waals surface area contributed by atoms with E-state index in [1.807, 2.05) is 0 Å². The number of carbonyl (C=O) groups is 3. The van der Waals surface area contributed by atoms with E-state index in [1.165, 1.54) is 30.9 Å². The van der Waals surface area contributed by atoms with E-state index in [1.54, 1.807) is 25.1 Å². The number of benzene rings is 1. The molecule has 0 aromatic heterocycles. The maximum atomic E-state index is 13.4. The van der Waals surface area contributed by atoms with Gasteiger partial charge in [0.05, 0.1) is 17.7 Å². The first kappa shape index (κ1) is 33.3. The van der Waals surface area contributed by atoms with Gasteiger partial charge in [0.15, 0.2) is 0 Å². The molecule has 5 fully saturated rings. The predicted octanol–water partition coefficient (Wildman–Crippen LogP) is 9.13. The van der Waals surface area contributed by atoms with Crippen LogP contribution in [-0.2, 0) is 14.3 Å². The molecule has 0 saturated heterocycles. The first-order valence-electron chi connectivity index (χ1n) is 17.8. The Kier molecular flexibility index (Phi) is 8.12. The highest BCUT2D eigenvalue weighted by Gasteiger charge is 2.71. The molecule has 0 unspecified atom stereocenters. The number of esters is 2. The van der Waals surface area contributed by atoms with Gasteiger partial charge in [-0.05, 0) is 129 Å². The van der Waals surface area contributed by atoms with E-state index >= 15 is 0 Å². The summed E-state index contributed by atoms with van der Waals surface area (Å²) < 4.78 is 12.0. The normalized spacial score (nSPS) is 42.4. The zero-order valence-electron chi connectivity index (χ0n) is 29.2. The van der Waals surface area contributed by atoms with Gasteiger partial charge in [0.1, 0.15) is 6.10 Å². The minimum Gasteiger partial charge on any atom is -0.478 e. The van der Waals surface area contributed by atoms with Crippen LogP contribution in [0.3, 0.4) is 0 Å². The molecule has 0 amide bonds. The van der Waals surface area contributed by atoms with Crippen molar-refractivity contribution in [2.75, 3.05) is 6.61 Å². The van der Waals surface area contributed by atoms with E-state index in [2.05, 4.69) is 48.1 Å². The van der Waals surface area contributed by atoms with Crippen LogP contribution >= 0.6 is 0 Å². The van der Waals surface area contributed by atoms with Gasteiger partial charge < -0.3 is 14.6 Å². The molecule has 0 bridgehead atoms. The zero-order valence-corrected chi connectivity index (χ0v) is 29.2. The van der Waals surface area contributed by atoms with Crippen LogP contribution in [0.25, 0.3) is 0 Å². The van der Waals surface area contributed by atoms with Crippen molar-refractivity contribution in [3.8, 4) is 0 Å². The van der Waals surface area contributed by atoms with Gasteiger partial charge >= 0.3 is 17.9 Å². The van der Waals surface area contributed by atoms with Crippen LogP contribution in [-0.4, -0.2) is 35.7 Å². The standard InChI is InChI=1S/C40H56O6/c1-24(2)26-15-20-40(23-45-35(44)28-12-10-9-11-27(28)34(42)43)22-21-38(7)29(33(26)40)13-14-31-37(6)18-17-32(46-25(3)41)36(4,5)30(37)16-19-39(31,38)8/h9-12,26,29-33H,1,13-23H2,2-8H3,(H,42,43)/t26-,29+,30-,31+,32-,33-,37-,38+,39+,40+/m0/s1. The summed E-state index contributed by atoms with van der Waals surface area (Å²) in [6.07, 6.45) is 11.0. The first-order chi connectivity index (χ1) is 21.5. The average Bonchev–Trinajstić information content (AvgIpc) is 3.38. The van der Waals surface area contributed by atoms with Crippen molar-refractivity contribution < 1.29 is 29.0 Å². The van der Waals surface area contributed by atoms with Crippen molar-refractivity contribution in [1.82, 2.24) is 0 Å². The molecular weight excluding hydrogens is 576 g/mol. The highest BCUT2D eigenvalue weighted by Crippen LogP contribution is 2.77. The van der Waals surface area contributed by atoms with Crippen LogP contribution in [0.15, 0.2) is 36.4 Å². The lowest BCUT2D eigenvalue weighted by atomic mass is 9.32. The van der Waals surface area contributed by atoms with E-state index in [0.717, 1.165) is 44.9 Å². The van der Waals surface area contributed by atoms with Gasteiger partial charge in [-0.1, -0.05) is 58.9 Å². The summed E-state index contributed by atoms with van der Waals surface area (Å²) >= 11 is 0. The molecule has 5 saturated carbocycles. The molecule has 46 heavy (non-hydrogen) atoms. The lowest BCUT2D eigenvalue weighted by molar-refractivity contribution is -0.251. The van der Waals surface area contributed by atoms with Gasteiger partial charge in [-0.15, -0.1) is 0 Å². The predicted molar refractivity (Wildman–Crippen MR) is 178 cm³/mol. The fraction of sp³-hybridized carbons (Fsp3) is 0.725. The molecule has 0 spiro atoms. The molecule has 5 aliphatic rings. The Hall–Kier alpha value is -2.63. The number of allylic oxidation sites excluding steroid dienone is 1. The third kappa shape index (κ3) is 4.73. The van der Waals surface area contributed by atoms with Gasteiger partial charge in [0, 0.05) is 17.8 Å². The molecule has 1 aromatic rings. The average molecular weight is 633 g/mol. The number of hydrogen-bond donors (Lipinski definition) is 1. The fourth-order valence-corrected chi connectivity index (χ4v) is 13.1. The van der Waals surface area contributed by atoms with Crippen molar-refractivity contribution >= 4 is 17.9 Å². The number of carbonyl (C=O) groups excluding carboxylic acids is 2. The van der Waals surface area contributed by atoms with Crippen molar-refractivity contribution in [3.05, 3.63) is 47.5 Å². The second-order valence-electron chi connectivity index (χ2n) is 17.4. The molecule has 6 rings (SSSR count). The van der Waals surface area contributed by atoms with Crippen molar-refractivity contribution in [1.29, 1.82) is 0 Å². The summed E-state index contributed by atoms with van der Waals surface area (Å²) in [5.74, 6) is 0.625. The van der Waals surface area contributed by atoms with E-state index in [-0.39, 0.29) is 50.3 Å². The molecule has 6 heteroatoms. The van der Waals surface area contributed by atoms with E-state index < -0.39 is 11.9 Å². The number of carboxylic acids is 1. The number of aromatic carboxylic acids is 1. The minimum absolute atomic E-state index is 0.00980. The third-order valence-electron chi connectivity index (χ3n) is 15.4.